The van der Waals surface area contributed by atoms with E-state index in [0.717, 1.165) is 30.5 Å². The van der Waals surface area contributed by atoms with Gasteiger partial charge in [-0.05, 0) is 36.4 Å². The van der Waals surface area contributed by atoms with E-state index in [1.807, 2.05) is 0 Å². The number of benzene rings is 2. The van der Waals surface area contributed by atoms with Crippen LogP contribution in [0, 0.1) is 0 Å². The van der Waals surface area contributed by atoms with E-state index < -0.39 is 36.2 Å². The summed E-state index contributed by atoms with van der Waals surface area (Å²) in [5.74, 6) is -4.28. The van der Waals surface area contributed by atoms with Gasteiger partial charge in [0.15, 0.2) is 9.84 Å². The Morgan fingerprint density at radius 1 is 0.960 bits per heavy atom. The Hall–Kier alpha value is -2.33. The van der Waals surface area contributed by atoms with E-state index in [9.17, 15) is 30.4 Å². The maximum atomic E-state index is 12.5. The van der Waals surface area contributed by atoms with Crippen molar-refractivity contribution in [2.24, 2.45) is 0 Å². The predicted octanol–water partition coefficient (Wildman–Crippen LogP) is 2.34. The minimum absolute atomic E-state index is 0.0886. The summed E-state index contributed by atoms with van der Waals surface area (Å²) in [6.45, 7) is 0. The number of hydrogen-bond acceptors (Lipinski definition) is 5. The number of rotatable bonds is 5. The Bertz CT molecular complexity index is 1000. The van der Waals surface area contributed by atoms with Crippen molar-refractivity contribution in [3.05, 3.63) is 54.1 Å². The van der Waals surface area contributed by atoms with Crippen LogP contribution in [0.4, 0.5) is 14.5 Å². The third-order valence-electron chi connectivity index (χ3n) is 3.21. The lowest BCUT2D eigenvalue weighted by molar-refractivity contribution is 0.102. The van der Waals surface area contributed by atoms with Gasteiger partial charge in [-0.25, -0.2) is 16.8 Å². The lowest BCUT2D eigenvalue weighted by Crippen LogP contribution is -2.16. The van der Waals surface area contributed by atoms with Gasteiger partial charge in [-0.2, -0.15) is 8.78 Å². The summed E-state index contributed by atoms with van der Waals surface area (Å²) >= 11 is 0. The first-order chi connectivity index (χ1) is 11.5. The molecule has 0 aliphatic heterocycles. The molecule has 2 rings (SSSR count). The van der Waals surface area contributed by atoms with Crippen LogP contribution in [0.5, 0.6) is 0 Å². The van der Waals surface area contributed by atoms with Gasteiger partial charge in [-0.3, -0.25) is 4.79 Å². The number of nitrogens with one attached hydrogen (secondary N) is 1. The van der Waals surface area contributed by atoms with Crippen molar-refractivity contribution < 1.29 is 30.4 Å². The second-order valence-electron chi connectivity index (χ2n) is 5.05. The molecule has 1 N–H and O–H groups in total. The van der Waals surface area contributed by atoms with Crippen molar-refractivity contribution in [3.8, 4) is 0 Å². The maximum absolute atomic E-state index is 12.5. The highest BCUT2D eigenvalue weighted by molar-refractivity contribution is 7.91. The smallest absolute Gasteiger partial charge is 0.322 e. The molecule has 25 heavy (non-hydrogen) atoms. The molecule has 0 aliphatic carbocycles. The number of alkyl halides is 2. The Balaban J connectivity index is 2.29. The fourth-order valence-electron chi connectivity index (χ4n) is 2.01. The zero-order valence-corrected chi connectivity index (χ0v) is 14.4. The van der Waals surface area contributed by atoms with Gasteiger partial charge in [0.1, 0.15) is 0 Å². The van der Waals surface area contributed by atoms with Gasteiger partial charge in [0.05, 0.1) is 15.4 Å². The number of amides is 1. The first-order valence-corrected chi connectivity index (χ1v) is 10.2. The molecule has 2 aromatic rings. The van der Waals surface area contributed by atoms with E-state index in [-0.39, 0.29) is 16.1 Å². The molecule has 0 unspecified atom stereocenters. The topological polar surface area (TPSA) is 97.4 Å². The molecule has 2 aromatic carbocycles. The summed E-state index contributed by atoms with van der Waals surface area (Å²) in [7, 11) is -8.36. The Kier molecular flexibility index (Phi) is 5.23. The number of anilines is 1. The van der Waals surface area contributed by atoms with Crippen LogP contribution in [0.15, 0.2) is 58.3 Å². The zero-order valence-electron chi connectivity index (χ0n) is 12.8. The number of halogens is 2. The SMILES string of the molecule is CS(=O)(=O)c1ccccc1C(=O)Nc1ccc(S(=O)(=O)C(F)F)cc1. The van der Waals surface area contributed by atoms with E-state index in [2.05, 4.69) is 5.32 Å². The lowest BCUT2D eigenvalue weighted by Gasteiger charge is -2.09. The molecule has 0 saturated heterocycles. The normalized spacial score (nSPS) is 12.2. The Labute approximate surface area is 143 Å². The monoisotopic (exact) mass is 389 g/mol. The first kappa shape index (κ1) is 19.0. The summed E-state index contributed by atoms with van der Waals surface area (Å²) < 4.78 is 71.0. The van der Waals surface area contributed by atoms with E-state index in [0.29, 0.717) is 0 Å². The predicted molar refractivity (Wildman–Crippen MR) is 87.1 cm³/mol. The minimum atomic E-state index is -4.73. The molecule has 0 aliphatic rings. The van der Waals surface area contributed by atoms with E-state index in [4.69, 9.17) is 0 Å². The third kappa shape index (κ3) is 4.20. The summed E-state index contributed by atoms with van der Waals surface area (Å²) in [5.41, 5.74) is 0.0378. The van der Waals surface area contributed by atoms with Crippen LogP contribution in [0.25, 0.3) is 0 Å². The van der Waals surface area contributed by atoms with Crippen LogP contribution in [0.3, 0.4) is 0 Å². The van der Waals surface area contributed by atoms with Crippen LogP contribution in [-0.4, -0.2) is 34.8 Å². The molecule has 0 heterocycles. The average Bonchev–Trinajstić information content (AvgIpc) is 2.54. The lowest BCUT2D eigenvalue weighted by atomic mass is 10.2. The molecule has 0 atom stereocenters. The Morgan fingerprint density at radius 2 is 1.52 bits per heavy atom. The molecule has 0 fully saturated rings. The van der Waals surface area contributed by atoms with Gasteiger partial charge in [0.2, 0.25) is 9.84 Å². The molecule has 6 nitrogen and oxygen atoms in total. The van der Waals surface area contributed by atoms with Gasteiger partial charge in [-0.1, -0.05) is 12.1 Å². The highest BCUT2D eigenvalue weighted by Crippen LogP contribution is 2.21. The van der Waals surface area contributed by atoms with Crippen LogP contribution in [-0.2, 0) is 19.7 Å². The van der Waals surface area contributed by atoms with Crippen LogP contribution >= 0.6 is 0 Å². The molecule has 10 heteroatoms. The average molecular weight is 389 g/mol. The van der Waals surface area contributed by atoms with Crippen LogP contribution in [0.1, 0.15) is 10.4 Å². The number of hydrogen-bond donors (Lipinski definition) is 1. The van der Waals surface area contributed by atoms with E-state index in [1.165, 1.54) is 24.3 Å². The van der Waals surface area contributed by atoms with Crippen molar-refractivity contribution in [3.63, 3.8) is 0 Å². The van der Waals surface area contributed by atoms with Crippen molar-refractivity contribution in [2.45, 2.75) is 15.5 Å². The van der Waals surface area contributed by atoms with Gasteiger partial charge < -0.3 is 5.32 Å². The van der Waals surface area contributed by atoms with Crippen LogP contribution < -0.4 is 5.32 Å². The first-order valence-electron chi connectivity index (χ1n) is 6.76. The van der Waals surface area contributed by atoms with Crippen molar-refractivity contribution in [1.29, 1.82) is 0 Å². The van der Waals surface area contributed by atoms with E-state index in [1.54, 1.807) is 0 Å². The quantitative estimate of drug-likeness (QED) is 0.847. The molecular weight excluding hydrogens is 376 g/mol. The number of sulfone groups is 2. The minimum Gasteiger partial charge on any atom is -0.322 e. The van der Waals surface area contributed by atoms with Crippen molar-refractivity contribution in [1.82, 2.24) is 0 Å². The molecule has 0 saturated carbocycles. The summed E-state index contributed by atoms with van der Waals surface area (Å²) in [6.07, 6.45) is 0.961. The molecule has 0 radical (unpaired) electrons. The molecule has 1 amide bonds. The molecule has 134 valence electrons. The molecule has 0 bridgehead atoms. The van der Waals surface area contributed by atoms with Gasteiger partial charge in [-0.15, -0.1) is 0 Å². The Morgan fingerprint density at radius 3 is 2.04 bits per heavy atom. The van der Waals surface area contributed by atoms with E-state index >= 15 is 0 Å². The number of carbonyl (C=O) groups excluding carboxylic acids is 1. The summed E-state index contributed by atoms with van der Waals surface area (Å²) in [4.78, 5) is 11.5. The second kappa shape index (κ2) is 6.89. The summed E-state index contributed by atoms with van der Waals surface area (Å²) in [5, 5.41) is 2.39. The molecule has 0 aromatic heterocycles. The summed E-state index contributed by atoms with van der Waals surface area (Å²) in [6, 6.07) is 9.69. The highest BCUT2D eigenvalue weighted by Gasteiger charge is 2.26. The van der Waals surface area contributed by atoms with Crippen LogP contribution in [0.2, 0.25) is 0 Å². The maximum Gasteiger partial charge on any atom is 0.341 e. The molecular formula is C15H13F2NO5S2. The standard InChI is InChI=1S/C15H13F2NO5S2/c1-24(20,21)13-5-3-2-4-12(13)14(19)18-10-6-8-11(9-7-10)25(22,23)15(16)17/h2-9,15H,1H3,(H,18,19). The van der Waals surface area contributed by atoms with Gasteiger partial charge >= 0.3 is 5.76 Å². The second-order valence-corrected chi connectivity index (χ2v) is 8.95. The van der Waals surface area contributed by atoms with Gasteiger partial charge in [0.25, 0.3) is 5.91 Å². The van der Waals surface area contributed by atoms with Gasteiger partial charge in [0, 0.05) is 11.9 Å². The highest BCUT2D eigenvalue weighted by atomic mass is 32.2. The largest absolute Gasteiger partial charge is 0.341 e. The number of carbonyl (C=O) groups is 1. The molecule has 0 spiro atoms. The third-order valence-corrected chi connectivity index (χ3v) is 5.76. The fraction of sp³-hybridized carbons (Fsp3) is 0.133. The van der Waals surface area contributed by atoms with Crippen molar-refractivity contribution >= 4 is 31.3 Å². The zero-order chi connectivity index (χ0) is 18.8. The fourth-order valence-corrected chi connectivity index (χ4v) is 3.61. The van der Waals surface area contributed by atoms with Crippen molar-refractivity contribution in [2.75, 3.05) is 11.6 Å².